The fourth-order valence-corrected chi connectivity index (χ4v) is 3.84. The van der Waals surface area contributed by atoms with Crippen LogP contribution in [0.3, 0.4) is 0 Å². The van der Waals surface area contributed by atoms with Crippen LogP contribution in [0, 0.1) is 11.8 Å². The van der Waals surface area contributed by atoms with Gasteiger partial charge in [0.2, 0.25) is 0 Å². The summed E-state index contributed by atoms with van der Waals surface area (Å²) < 4.78 is 0. The SMILES string of the molecule is CC(C)CN1CC(C)(C)NCC1C1CCCCC1. The predicted molar refractivity (Wildman–Crippen MR) is 78.9 cm³/mol. The fourth-order valence-electron chi connectivity index (χ4n) is 3.84. The van der Waals surface area contributed by atoms with Crippen molar-refractivity contribution in [3.05, 3.63) is 0 Å². The zero-order chi connectivity index (χ0) is 13.2. The highest BCUT2D eigenvalue weighted by atomic mass is 15.3. The van der Waals surface area contributed by atoms with Crippen molar-refractivity contribution in [2.24, 2.45) is 11.8 Å². The second kappa shape index (κ2) is 5.92. The smallest absolute Gasteiger partial charge is 0.0252 e. The summed E-state index contributed by atoms with van der Waals surface area (Å²) in [6.45, 7) is 13.1. The monoisotopic (exact) mass is 252 g/mol. The first kappa shape index (κ1) is 14.3. The molecule has 1 N–H and O–H groups in total. The average Bonchev–Trinajstić information content (AvgIpc) is 2.28. The second-order valence-electron chi connectivity index (χ2n) is 7.55. The highest BCUT2D eigenvalue weighted by Crippen LogP contribution is 2.31. The van der Waals surface area contributed by atoms with Gasteiger partial charge in [-0.05, 0) is 38.5 Å². The van der Waals surface area contributed by atoms with Gasteiger partial charge in [-0.1, -0.05) is 33.1 Å². The Bertz CT molecular complexity index is 254. The quantitative estimate of drug-likeness (QED) is 0.829. The van der Waals surface area contributed by atoms with Crippen molar-refractivity contribution >= 4 is 0 Å². The van der Waals surface area contributed by atoms with Crippen LogP contribution < -0.4 is 5.32 Å². The maximum atomic E-state index is 3.77. The van der Waals surface area contributed by atoms with E-state index in [1.807, 2.05) is 0 Å². The topological polar surface area (TPSA) is 15.3 Å². The standard InChI is InChI=1S/C16H32N2/c1-13(2)11-18-12-16(3,4)17-10-15(18)14-8-6-5-7-9-14/h13-15,17H,5-12H2,1-4H3. The molecule has 2 fully saturated rings. The van der Waals surface area contributed by atoms with Crippen LogP contribution >= 0.6 is 0 Å². The van der Waals surface area contributed by atoms with E-state index in [0.717, 1.165) is 17.9 Å². The first-order valence-electron chi connectivity index (χ1n) is 7.97. The molecular formula is C16H32N2. The third kappa shape index (κ3) is 3.71. The van der Waals surface area contributed by atoms with E-state index in [4.69, 9.17) is 0 Å². The van der Waals surface area contributed by atoms with Crippen LogP contribution in [0.4, 0.5) is 0 Å². The Hall–Kier alpha value is -0.0800. The van der Waals surface area contributed by atoms with Gasteiger partial charge >= 0.3 is 0 Å². The average molecular weight is 252 g/mol. The van der Waals surface area contributed by atoms with Crippen LogP contribution in [-0.4, -0.2) is 36.1 Å². The molecule has 106 valence electrons. The molecule has 0 amide bonds. The molecule has 0 aromatic heterocycles. The summed E-state index contributed by atoms with van der Waals surface area (Å²) in [6, 6.07) is 0.792. The zero-order valence-corrected chi connectivity index (χ0v) is 12.8. The Morgan fingerprint density at radius 2 is 1.83 bits per heavy atom. The molecule has 1 aliphatic heterocycles. The summed E-state index contributed by atoms with van der Waals surface area (Å²) in [4.78, 5) is 2.79. The number of nitrogens with zero attached hydrogens (tertiary/aromatic N) is 1. The molecule has 0 aromatic rings. The minimum absolute atomic E-state index is 0.292. The number of rotatable bonds is 3. The first-order chi connectivity index (χ1) is 8.48. The molecule has 1 aliphatic carbocycles. The van der Waals surface area contributed by atoms with Gasteiger partial charge in [-0.15, -0.1) is 0 Å². The molecule has 2 heteroatoms. The molecule has 0 bridgehead atoms. The fraction of sp³-hybridized carbons (Fsp3) is 1.00. The van der Waals surface area contributed by atoms with E-state index in [1.165, 1.54) is 51.7 Å². The lowest BCUT2D eigenvalue weighted by molar-refractivity contribution is 0.0395. The Labute approximate surface area is 114 Å². The van der Waals surface area contributed by atoms with E-state index in [0.29, 0.717) is 5.54 Å². The van der Waals surface area contributed by atoms with E-state index in [-0.39, 0.29) is 0 Å². The molecule has 1 saturated carbocycles. The maximum Gasteiger partial charge on any atom is 0.0252 e. The lowest BCUT2D eigenvalue weighted by Crippen LogP contribution is -2.64. The minimum Gasteiger partial charge on any atom is -0.309 e. The van der Waals surface area contributed by atoms with Crippen molar-refractivity contribution in [1.82, 2.24) is 10.2 Å². The van der Waals surface area contributed by atoms with Gasteiger partial charge in [0, 0.05) is 31.2 Å². The van der Waals surface area contributed by atoms with Crippen LogP contribution in [0.15, 0.2) is 0 Å². The highest BCUT2D eigenvalue weighted by molar-refractivity contribution is 4.95. The minimum atomic E-state index is 0.292. The van der Waals surface area contributed by atoms with E-state index >= 15 is 0 Å². The summed E-state index contributed by atoms with van der Waals surface area (Å²) in [5, 5.41) is 3.77. The van der Waals surface area contributed by atoms with Crippen molar-refractivity contribution in [2.45, 2.75) is 71.4 Å². The van der Waals surface area contributed by atoms with Crippen LogP contribution in [0.1, 0.15) is 59.8 Å². The van der Waals surface area contributed by atoms with Crippen LogP contribution in [0.2, 0.25) is 0 Å². The Morgan fingerprint density at radius 1 is 1.17 bits per heavy atom. The van der Waals surface area contributed by atoms with Gasteiger partial charge < -0.3 is 5.32 Å². The van der Waals surface area contributed by atoms with Crippen LogP contribution in [0.5, 0.6) is 0 Å². The van der Waals surface area contributed by atoms with E-state index in [9.17, 15) is 0 Å². The van der Waals surface area contributed by atoms with Crippen LogP contribution in [0.25, 0.3) is 0 Å². The van der Waals surface area contributed by atoms with Crippen LogP contribution in [-0.2, 0) is 0 Å². The normalized spacial score (nSPS) is 30.8. The van der Waals surface area contributed by atoms with E-state index in [1.54, 1.807) is 0 Å². The van der Waals surface area contributed by atoms with Crippen molar-refractivity contribution in [1.29, 1.82) is 0 Å². The Kier molecular flexibility index (Phi) is 4.71. The summed E-state index contributed by atoms with van der Waals surface area (Å²) in [5.74, 6) is 1.73. The molecule has 2 aliphatic rings. The van der Waals surface area contributed by atoms with Gasteiger partial charge in [0.15, 0.2) is 0 Å². The summed E-state index contributed by atoms with van der Waals surface area (Å²) >= 11 is 0. The molecule has 1 saturated heterocycles. The Balaban J connectivity index is 2.01. The first-order valence-corrected chi connectivity index (χ1v) is 7.97. The number of piperazine rings is 1. The summed E-state index contributed by atoms with van der Waals surface area (Å²) in [6.07, 6.45) is 7.30. The molecular weight excluding hydrogens is 220 g/mol. The van der Waals surface area contributed by atoms with Gasteiger partial charge in [0.25, 0.3) is 0 Å². The molecule has 18 heavy (non-hydrogen) atoms. The third-order valence-corrected chi connectivity index (χ3v) is 4.65. The molecule has 1 unspecified atom stereocenters. The predicted octanol–water partition coefficient (Wildman–Crippen LogP) is 3.28. The summed E-state index contributed by atoms with van der Waals surface area (Å²) in [5.41, 5.74) is 0.292. The molecule has 0 spiro atoms. The molecule has 1 atom stereocenters. The van der Waals surface area contributed by atoms with E-state index in [2.05, 4.69) is 37.9 Å². The van der Waals surface area contributed by atoms with Gasteiger partial charge in [-0.3, -0.25) is 4.90 Å². The molecule has 1 heterocycles. The zero-order valence-electron chi connectivity index (χ0n) is 12.8. The van der Waals surface area contributed by atoms with Crippen molar-refractivity contribution < 1.29 is 0 Å². The second-order valence-corrected chi connectivity index (χ2v) is 7.55. The number of nitrogens with one attached hydrogen (secondary N) is 1. The molecule has 2 nitrogen and oxygen atoms in total. The highest BCUT2D eigenvalue weighted by Gasteiger charge is 2.36. The molecule has 0 aromatic carbocycles. The van der Waals surface area contributed by atoms with Crippen molar-refractivity contribution in [3.63, 3.8) is 0 Å². The van der Waals surface area contributed by atoms with Crippen molar-refractivity contribution in [3.8, 4) is 0 Å². The van der Waals surface area contributed by atoms with Gasteiger partial charge in [0.05, 0.1) is 0 Å². The maximum absolute atomic E-state index is 3.77. The van der Waals surface area contributed by atoms with Gasteiger partial charge in [-0.25, -0.2) is 0 Å². The molecule has 0 radical (unpaired) electrons. The van der Waals surface area contributed by atoms with Gasteiger partial charge in [0.1, 0.15) is 0 Å². The van der Waals surface area contributed by atoms with Crippen molar-refractivity contribution in [2.75, 3.05) is 19.6 Å². The molecule has 2 rings (SSSR count). The number of hydrogen-bond donors (Lipinski definition) is 1. The van der Waals surface area contributed by atoms with E-state index < -0.39 is 0 Å². The summed E-state index contributed by atoms with van der Waals surface area (Å²) in [7, 11) is 0. The lowest BCUT2D eigenvalue weighted by Gasteiger charge is -2.48. The number of hydrogen-bond acceptors (Lipinski definition) is 2. The lowest BCUT2D eigenvalue weighted by atomic mass is 9.81. The third-order valence-electron chi connectivity index (χ3n) is 4.65. The largest absolute Gasteiger partial charge is 0.309 e. The van der Waals surface area contributed by atoms with Gasteiger partial charge in [-0.2, -0.15) is 0 Å². The Morgan fingerprint density at radius 3 is 2.44 bits per heavy atom.